The summed E-state index contributed by atoms with van der Waals surface area (Å²) >= 11 is 0. The molecular formula is C21H17F5N4O4S. The van der Waals surface area contributed by atoms with Gasteiger partial charge in [-0.05, 0) is 36.4 Å². The molecule has 0 aliphatic carbocycles. The highest BCUT2D eigenvalue weighted by atomic mass is 32.2. The number of aromatic nitrogens is 2. The van der Waals surface area contributed by atoms with E-state index in [1.165, 1.54) is 37.6 Å². The van der Waals surface area contributed by atoms with Gasteiger partial charge in [0.05, 0.1) is 9.73 Å². The molecule has 2 aromatic carbocycles. The van der Waals surface area contributed by atoms with E-state index in [1.807, 2.05) is 0 Å². The van der Waals surface area contributed by atoms with Gasteiger partial charge in [-0.3, -0.25) is 4.79 Å². The van der Waals surface area contributed by atoms with Crippen molar-refractivity contribution in [2.24, 2.45) is 4.36 Å². The number of carbonyl (C=O) groups is 1. The maximum atomic E-state index is 14.3. The standard InChI is InChI=1S/C21H17F5N4O4S/c1-27-35(2,32)14-5-3-4-12(8-14)28-19(31)15-10-18(21(24,25)26)29-30-20(15)34-17-7-6-13(33-11-22)9-16(17)23/h3-10H,11H2,1-2H3,(H,28,31). The SMILES string of the molecule is CN=S(C)(=O)c1cccc(NC(=O)c2cc(C(F)(F)F)nnc2Oc2ccc(OCF)cc2F)c1. The third-order valence-electron chi connectivity index (χ3n) is 4.50. The summed E-state index contributed by atoms with van der Waals surface area (Å²) in [5.41, 5.74) is -2.10. The topological polar surface area (TPSA) is 103 Å². The quantitative estimate of drug-likeness (QED) is 0.440. The van der Waals surface area contributed by atoms with Crippen molar-refractivity contribution in [1.82, 2.24) is 10.2 Å². The van der Waals surface area contributed by atoms with Gasteiger partial charge in [0, 0.05) is 30.0 Å². The summed E-state index contributed by atoms with van der Waals surface area (Å²) in [4.78, 5) is 13.2. The predicted molar refractivity (Wildman–Crippen MR) is 115 cm³/mol. The Labute approximate surface area is 196 Å². The number of hydrogen-bond donors (Lipinski definition) is 1. The maximum Gasteiger partial charge on any atom is 0.435 e. The number of halogens is 5. The van der Waals surface area contributed by atoms with Gasteiger partial charge in [0.25, 0.3) is 11.8 Å². The minimum absolute atomic E-state index is 0.0981. The highest BCUT2D eigenvalue weighted by molar-refractivity contribution is 7.93. The Hall–Kier alpha value is -3.81. The highest BCUT2D eigenvalue weighted by Crippen LogP contribution is 2.33. The van der Waals surface area contributed by atoms with E-state index in [-0.39, 0.29) is 16.3 Å². The van der Waals surface area contributed by atoms with Crippen LogP contribution in [0.25, 0.3) is 0 Å². The first-order valence-electron chi connectivity index (χ1n) is 9.57. The lowest BCUT2D eigenvalue weighted by Crippen LogP contribution is -2.18. The van der Waals surface area contributed by atoms with E-state index >= 15 is 0 Å². The lowest BCUT2D eigenvalue weighted by Gasteiger charge is -2.14. The summed E-state index contributed by atoms with van der Waals surface area (Å²) in [6, 6.07) is 9.06. The first kappa shape index (κ1) is 25.8. The molecule has 0 saturated carbocycles. The van der Waals surface area contributed by atoms with Crippen LogP contribution in [0.1, 0.15) is 16.1 Å². The number of ether oxygens (including phenoxy) is 2. The molecule has 0 radical (unpaired) electrons. The molecule has 3 rings (SSSR count). The summed E-state index contributed by atoms with van der Waals surface area (Å²) in [7, 11) is -1.40. The number of anilines is 1. The number of rotatable bonds is 7. The molecular weight excluding hydrogens is 499 g/mol. The van der Waals surface area contributed by atoms with Gasteiger partial charge in [0.1, 0.15) is 11.3 Å². The van der Waals surface area contributed by atoms with E-state index in [0.717, 1.165) is 18.2 Å². The van der Waals surface area contributed by atoms with E-state index in [4.69, 9.17) is 4.74 Å². The van der Waals surface area contributed by atoms with Crippen LogP contribution in [0.15, 0.2) is 57.8 Å². The monoisotopic (exact) mass is 516 g/mol. The Morgan fingerprint density at radius 3 is 2.51 bits per heavy atom. The predicted octanol–water partition coefficient (Wildman–Crippen LogP) is 5.07. The molecule has 1 amide bonds. The Bertz CT molecular complexity index is 1370. The first-order chi connectivity index (χ1) is 16.4. The molecule has 0 bridgehead atoms. The van der Waals surface area contributed by atoms with E-state index in [9.17, 15) is 31.0 Å². The van der Waals surface area contributed by atoms with Crippen LogP contribution < -0.4 is 14.8 Å². The van der Waals surface area contributed by atoms with Crippen LogP contribution in [0.2, 0.25) is 0 Å². The zero-order valence-corrected chi connectivity index (χ0v) is 18.9. The van der Waals surface area contributed by atoms with E-state index < -0.39 is 57.4 Å². The summed E-state index contributed by atoms with van der Waals surface area (Å²) in [5, 5.41) is 8.67. The van der Waals surface area contributed by atoms with Gasteiger partial charge in [-0.15, -0.1) is 10.2 Å². The molecule has 14 heteroatoms. The lowest BCUT2D eigenvalue weighted by molar-refractivity contribution is -0.141. The maximum absolute atomic E-state index is 14.3. The molecule has 0 saturated heterocycles. The van der Waals surface area contributed by atoms with Crippen LogP contribution in [-0.4, -0.2) is 40.5 Å². The van der Waals surface area contributed by atoms with Gasteiger partial charge < -0.3 is 14.8 Å². The Morgan fingerprint density at radius 2 is 1.89 bits per heavy atom. The van der Waals surface area contributed by atoms with Gasteiger partial charge in [-0.2, -0.15) is 13.2 Å². The van der Waals surface area contributed by atoms with Crippen molar-refractivity contribution in [2.75, 3.05) is 25.5 Å². The fourth-order valence-corrected chi connectivity index (χ4v) is 3.58. The Kier molecular flexibility index (Phi) is 7.53. The molecule has 8 nitrogen and oxygen atoms in total. The zero-order chi connectivity index (χ0) is 25.8. The van der Waals surface area contributed by atoms with Crippen molar-refractivity contribution in [3.8, 4) is 17.4 Å². The molecule has 1 aromatic heterocycles. The molecule has 1 heterocycles. The smallest absolute Gasteiger partial charge is 0.435 e. The molecule has 0 spiro atoms. The summed E-state index contributed by atoms with van der Waals surface area (Å²) in [6.07, 6.45) is -3.56. The van der Waals surface area contributed by atoms with Crippen molar-refractivity contribution in [2.45, 2.75) is 11.1 Å². The average molecular weight is 516 g/mol. The van der Waals surface area contributed by atoms with Gasteiger partial charge in [0.2, 0.25) is 6.86 Å². The minimum atomic E-state index is -4.94. The van der Waals surface area contributed by atoms with E-state index in [0.29, 0.717) is 6.07 Å². The van der Waals surface area contributed by atoms with Crippen molar-refractivity contribution >= 4 is 21.3 Å². The van der Waals surface area contributed by atoms with Gasteiger partial charge in [-0.25, -0.2) is 17.4 Å². The summed E-state index contributed by atoms with van der Waals surface area (Å²) in [6.45, 7) is -1.21. The van der Waals surface area contributed by atoms with Gasteiger partial charge in [0.15, 0.2) is 17.3 Å². The van der Waals surface area contributed by atoms with Crippen LogP contribution in [0.5, 0.6) is 17.4 Å². The third kappa shape index (κ3) is 6.20. The second kappa shape index (κ2) is 10.2. The van der Waals surface area contributed by atoms with Crippen LogP contribution in [0.4, 0.5) is 27.6 Å². The molecule has 1 atom stereocenters. The second-order valence-corrected chi connectivity index (χ2v) is 9.30. The van der Waals surface area contributed by atoms with E-state index in [1.54, 1.807) is 0 Å². The Balaban J connectivity index is 1.99. The number of amides is 1. The van der Waals surface area contributed by atoms with Crippen LogP contribution >= 0.6 is 0 Å². The number of alkyl halides is 4. The summed E-state index contributed by atoms with van der Waals surface area (Å²) < 4.78 is 92.1. The van der Waals surface area contributed by atoms with Crippen molar-refractivity contribution in [3.05, 3.63) is 65.6 Å². The molecule has 1 unspecified atom stereocenters. The van der Waals surface area contributed by atoms with Crippen LogP contribution in [-0.2, 0) is 15.9 Å². The lowest BCUT2D eigenvalue weighted by atomic mass is 10.2. The minimum Gasteiger partial charge on any atom is -0.463 e. The third-order valence-corrected chi connectivity index (χ3v) is 6.33. The fourth-order valence-electron chi connectivity index (χ4n) is 2.69. The number of nitrogens with zero attached hydrogens (tertiary/aromatic N) is 3. The second-order valence-electron chi connectivity index (χ2n) is 6.86. The van der Waals surface area contributed by atoms with Crippen molar-refractivity contribution in [3.63, 3.8) is 0 Å². The molecule has 0 aliphatic heterocycles. The average Bonchev–Trinajstić information content (AvgIpc) is 2.80. The van der Waals surface area contributed by atoms with Crippen molar-refractivity contribution < 1.29 is 40.4 Å². The molecule has 186 valence electrons. The van der Waals surface area contributed by atoms with Crippen molar-refractivity contribution in [1.29, 1.82) is 0 Å². The fraction of sp³-hybridized carbons (Fsp3) is 0.190. The first-order valence-corrected chi connectivity index (χ1v) is 11.5. The number of hydrogen-bond acceptors (Lipinski definition) is 7. The number of benzene rings is 2. The highest BCUT2D eigenvalue weighted by Gasteiger charge is 2.35. The summed E-state index contributed by atoms with van der Waals surface area (Å²) in [5.74, 6) is -3.58. The van der Waals surface area contributed by atoms with E-state index in [2.05, 4.69) is 24.6 Å². The molecule has 3 aromatic rings. The number of carbonyl (C=O) groups excluding carboxylic acids is 1. The van der Waals surface area contributed by atoms with Crippen LogP contribution in [0, 0.1) is 5.82 Å². The normalized spacial score (nSPS) is 13.0. The number of nitrogens with one attached hydrogen (secondary N) is 1. The van der Waals surface area contributed by atoms with Crippen LogP contribution in [0.3, 0.4) is 0 Å². The van der Waals surface area contributed by atoms with Gasteiger partial charge in [-0.1, -0.05) is 6.07 Å². The zero-order valence-electron chi connectivity index (χ0n) is 18.1. The molecule has 0 aliphatic rings. The molecule has 0 fully saturated rings. The molecule has 1 N–H and O–H groups in total. The van der Waals surface area contributed by atoms with Gasteiger partial charge >= 0.3 is 6.18 Å². The Morgan fingerprint density at radius 1 is 1.14 bits per heavy atom. The largest absolute Gasteiger partial charge is 0.463 e. The molecule has 35 heavy (non-hydrogen) atoms.